The van der Waals surface area contributed by atoms with Gasteiger partial charge in [-0.15, -0.1) is 0 Å². The fourth-order valence-corrected chi connectivity index (χ4v) is 10.8. The smallest absolute Gasteiger partial charge is 0.306 e. The lowest BCUT2D eigenvalue weighted by atomic mass is 9.99. The number of ether oxygens (including phenoxy) is 3. The van der Waals surface area contributed by atoms with Crippen LogP contribution in [0.25, 0.3) is 0 Å². The highest BCUT2D eigenvalue weighted by Gasteiger charge is 2.47. The third-order valence-electron chi connectivity index (χ3n) is 16.1. The quantitative estimate of drug-likeness (QED) is 0.0195. The first-order valence-corrected chi connectivity index (χ1v) is 33.6. The molecule has 0 aromatic carbocycles. The second-order valence-corrected chi connectivity index (χ2v) is 23.6. The molecule has 11 nitrogen and oxygen atoms in total. The van der Waals surface area contributed by atoms with E-state index in [4.69, 9.17) is 14.2 Å². The van der Waals surface area contributed by atoms with Crippen molar-refractivity contribution in [2.75, 3.05) is 13.2 Å². The predicted octanol–water partition coefficient (Wildman–Crippen LogP) is 16.5. The van der Waals surface area contributed by atoms with Crippen LogP contribution in [0.5, 0.6) is 0 Å². The molecule has 0 aromatic heterocycles. The molecule has 0 bridgehead atoms. The van der Waals surface area contributed by atoms with E-state index >= 15 is 0 Å². The number of rotatable bonds is 58. The number of amides is 1. The fourth-order valence-electron chi connectivity index (χ4n) is 10.8. The zero-order chi connectivity index (χ0) is 56.8. The van der Waals surface area contributed by atoms with Crippen LogP contribution in [0.1, 0.15) is 329 Å². The molecule has 1 aliphatic heterocycles. The van der Waals surface area contributed by atoms with Crippen molar-refractivity contribution in [3.63, 3.8) is 0 Å². The van der Waals surface area contributed by atoms with E-state index < -0.39 is 67.4 Å². The molecule has 0 aliphatic carbocycles. The number of hydrogen-bond acceptors (Lipinski definition) is 10. The number of carbonyl (C=O) groups is 2. The largest absolute Gasteiger partial charge is 0.454 e. The van der Waals surface area contributed by atoms with Gasteiger partial charge in [-0.2, -0.15) is 0 Å². The molecule has 1 fully saturated rings. The average Bonchev–Trinajstić information content (AvgIpc) is 3.44. The molecular formula is C67H127NO10. The lowest BCUT2D eigenvalue weighted by Crippen LogP contribution is -2.61. The van der Waals surface area contributed by atoms with Gasteiger partial charge in [-0.3, -0.25) is 9.59 Å². The summed E-state index contributed by atoms with van der Waals surface area (Å²) >= 11 is 0. The van der Waals surface area contributed by atoms with Gasteiger partial charge < -0.3 is 45.1 Å². The molecule has 78 heavy (non-hydrogen) atoms. The highest BCUT2D eigenvalue weighted by atomic mass is 16.7. The van der Waals surface area contributed by atoms with E-state index in [-0.39, 0.29) is 13.0 Å². The van der Waals surface area contributed by atoms with Crippen LogP contribution in [-0.2, 0) is 23.8 Å². The zero-order valence-corrected chi connectivity index (χ0v) is 51.1. The number of nitrogens with one attached hydrogen (secondary N) is 1. The standard InChI is InChI=1S/C67H127NO10/c1-4-7-10-13-16-19-22-24-25-26-27-28-29-30-31-32-33-34-35-36-37-40-42-45-48-51-54-60(71)66(75)68-58(59(70)53-50-47-44-41-39-23-20-17-14-11-8-5-2)57-76-67-65(64(74)63(73)61(56-69)77-67)78-62(72)55-52-49-46-43-38-21-18-15-12-9-6-3/h24-25,50,53,58-61,63-65,67,69-71,73-74H,4-23,26-49,51-52,54-57H2,1-3H3,(H,68,75)/b25-24+,53-50+. The third kappa shape index (κ3) is 42.9. The molecule has 11 heteroatoms. The van der Waals surface area contributed by atoms with Gasteiger partial charge in [-0.25, -0.2) is 0 Å². The molecule has 1 rings (SSSR count). The van der Waals surface area contributed by atoms with Gasteiger partial charge in [0.2, 0.25) is 5.91 Å². The summed E-state index contributed by atoms with van der Waals surface area (Å²) < 4.78 is 17.6. The van der Waals surface area contributed by atoms with Crippen molar-refractivity contribution in [2.24, 2.45) is 0 Å². The molecule has 6 N–H and O–H groups in total. The molecule has 8 unspecified atom stereocenters. The highest BCUT2D eigenvalue weighted by Crippen LogP contribution is 2.26. The Kier molecular flexibility index (Phi) is 52.9. The number of allylic oxidation sites excluding steroid dienone is 3. The second kappa shape index (κ2) is 55.7. The van der Waals surface area contributed by atoms with Crippen LogP contribution >= 0.6 is 0 Å². The van der Waals surface area contributed by atoms with Crippen molar-refractivity contribution in [1.29, 1.82) is 0 Å². The van der Waals surface area contributed by atoms with Crippen LogP contribution in [0, 0.1) is 0 Å². The maximum absolute atomic E-state index is 13.4. The normalized spacial score (nSPS) is 19.0. The van der Waals surface area contributed by atoms with E-state index in [1.165, 1.54) is 225 Å². The van der Waals surface area contributed by atoms with E-state index in [1.807, 2.05) is 6.08 Å². The lowest BCUT2D eigenvalue weighted by Gasteiger charge is -2.41. The molecule has 8 atom stereocenters. The molecular weight excluding hydrogens is 979 g/mol. The summed E-state index contributed by atoms with van der Waals surface area (Å²) in [5.41, 5.74) is 0. The van der Waals surface area contributed by atoms with Crippen molar-refractivity contribution in [3.8, 4) is 0 Å². The summed E-state index contributed by atoms with van der Waals surface area (Å²) in [5.74, 6) is -1.18. The maximum Gasteiger partial charge on any atom is 0.306 e. The Morgan fingerprint density at radius 1 is 0.487 bits per heavy atom. The fraction of sp³-hybridized carbons (Fsp3) is 0.910. The number of aliphatic hydroxyl groups is 5. The predicted molar refractivity (Wildman–Crippen MR) is 324 cm³/mol. The first kappa shape index (κ1) is 74.2. The van der Waals surface area contributed by atoms with Crippen molar-refractivity contribution in [1.82, 2.24) is 5.32 Å². The van der Waals surface area contributed by atoms with Crippen LogP contribution in [0.4, 0.5) is 0 Å². The highest BCUT2D eigenvalue weighted by molar-refractivity contribution is 5.80. The van der Waals surface area contributed by atoms with Gasteiger partial charge in [0.15, 0.2) is 12.4 Å². The first-order chi connectivity index (χ1) is 38.2. The number of hydrogen-bond donors (Lipinski definition) is 6. The summed E-state index contributed by atoms with van der Waals surface area (Å²) in [6.45, 7) is 5.80. The maximum atomic E-state index is 13.4. The van der Waals surface area contributed by atoms with Gasteiger partial charge >= 0.3 is 5.97 Å². The van der Waals surface area contributed by atoms with Crippen molar-refractivity contribution in [3.05, 3.63) is 24.3 Å². The topological polar surface area (TPSA) is 175 Å². The monoisotopic (exact) mass is 1110 g/mol. The van der Waals surface area contributed by atoms with Gasteiger partial charge in [-0.1, -0.05) is 295 Å². The summed E-state index contributed by atoms with van der Waals surface area (Å²) in [4.78, 5) is 26.5. The second-order valence-electron chi connectivity index (χ2n) is 23.6. The Labute approximate surface area is 480 Å². The van der Waals surface area contributed by atoms with E-state index in [2.05, 4.69) is 38.2 Å². The molecule has 0 spiro atoms. The Hall–Kier alpha value is -1.86. The molecule has 460 valence electrons. The first-order valence-electron chi connectivity index (χ1n) is 33.6. The minimum atomic E-state index is -1.61. The van der Waals surface area contributed by atoms with Crippen molar-refractivity contribution < 1.29 is 49.3 Å². The van der Waals surface area contributed by atoms with Gasteiger partial charge in [-0.05, 0) is 51.4 Å². The van der Waals surface area contributed by atoms with E-state index in [0.717, 1.165) is 57.8 Å². The summed E-state index contributed by atoms with van der Waals surface area (Å²) in [5, 5.41) is 57.0. The average molecular weight is 1110 g/mol. The summed E-state index contributed by atoms with van der Waals surface area (Å²) in [6.07, 6.45) is 55.3. The van der Waals surface area contributed by atoms with Gasteiger partial charge in [0.05, 0.1) is 25.4 Å². The Balaban J connectivity index is 2.53. The number of esters is 1. The Morgan fingerprint density at radius 3 is 1.24 bits per heavy atom. The molecule has 1 heterocycles. The van der Waals surface area contributed by atoms with Crippen molar-refractivity contribution >= 4 is 11.9 Å². The number of unbranched alkanes of at least 4 members (excludes halogenated alkanes) is 42. The van der Waals surface area contributed by atoms with Crippen LogP contribution in [0.3, 0.4) is 0 Å². The number of carbonyl (C=O) groups excluding carboxylic acids is 2. The Morgan fingerprint density at radius 2 is 0.846 bits per heavy atom. The van der Waals surface area contributed by atoms with Crippen LogP contribution in [-0.4, -0.2) is 99.6 Å². The van der Waals surface area contributed by atoms with Gasteiger partial charge in [0, 0.05) is 6.42 Å². The van der Waals surface area contributed by atoms with E-state index in [9.17, 15) is 35.1 Å². The molecule has 1 amide bonds. The molecule has 0 radical (unpaired) electrons. The number of aliphatic hydroxyl groups excluding tert-OH is 5. The molecule has 0 saturated carbocycles. The minimum Gasteiger partial charge on any atom is -0.454 e. The van der Waals surface area contributed by atoms with E-state index in [1.54, 1.807) is 6.08 Å². The molecule has 1 aliphatic rings. The molecule has 0 aromatic rings. The summed E-state index contributed by atoms with van der Waals surface area (Å²) in [7, 11) is 0. The van der Waals surface area contributed by atoms with Crippen LogP contribution in [0.15, 0.2) is 24.3 Å². The SMILES string of the molecule is CCCCCCCC/C=C/CCCCCCCCCCCCCCCCCCC(O)C(=O)NC(COC1OC(CO)C(O)C(O)C1OC(=O)CCCCCCCCCCCCC)C(O)/C=C/CCCCCCCCCCCC. The van der Waals surface area contributed by atoms with E-state index in [0.29, 0.717) is 19.3 Å². The molecule has 1 saturated heterocycles. The van der Waals surface area contributed by atoms with Gasteiger partial charge in [0.25, 0.3) is 0 Å². The lowest BCUT2D eigenvalue weighted by molar-refractivity contribution is -0.305. The van der Waals surface area contributed by atoms with Gasteiger partial charge in [0.1, 0.15) is 24.4 Å². The summed E-state index contributed by atoms with van der Waals surface area (Å²) in [6, 6.07) is -1.02. The minimum absolute atomic E-state index is 0.129. The van der Waals surface area contributed by atoms with Crippen molar-refractivity contribution in [2.45, 2.75) is 378 Å². The van der Waals surface area contributed by atoms with Crippen LogP contribution in [0.2, 0.25) is 0 Å². The Bertz CT molecular complexity index is 1360. The third-order valence-corrected chi connectivity index (χ3v) is 16.1. The van der Waals surface area contributed by atoms with Crippen LogP contribution < -0.4 is 5.32 Å². The zero-order valence-electron chi connectivity index (χ0n) is 51.1.